The summed E-state index contributed by atoms with van der Waals surface area (Å²) in [4.78, 5) is 46.5. The number of hydrogen-bond acceptors (Lipinski definition) is 6. The third-order valence-corrected chi connectivity index (χ3v) is 6.00. The molecule has 188 valence electrons. The maximum absolute atomic E-state index is 13.4. The van der Waals surface area contributed by atoms with Crippen LogP contribution in [0.2, 0.25) is 0 Å². The summed E-state index contributed by atoms with van der Waals surface area (Å²) in [6, 6.07) is 2.68. The molecule has 9 heteroatoms. The molecule has 1 atom stereocenters. The lowest BCUT2D eigenvalue weighted by atomic mass is 9.95. The number of fused-ring (bicyclic) bond motifs is 1. The number of nitrogens with zero attached hydrogens (tertiary/aromatic N) is 3. The average Bonchev–Trinajstić information content (AvgIpc) is 3.03. The van der Waals surface area contributed by atoms with Gasteiger partial charge in [-0.2, -0.15) is 0 Å². The molecule has 3 amide bonds. The molecule has 4 rings (SSSR count). The van der Waals surface area contributed by atoms with Gasteiger partial charge in [-0.15, -0.1) is 0 Å². The number of ether oxygens (including phenoxy) is 2. The summed E-state index contributed by atoms with van der Waals surface area (Å²) in [5, 5.41) is 2.97. The Morgan fingerprint density at radius 1 is 1.17 bits per heavy atom. The molecule has 1 aliphatic carbocycles. The van der Waals surface area contributed by atoms with E-state index in [1.54, 1.807) is 22.1 Å². The summed E-state index contributed by atoms with van der Waals surface area (Å²) >= 11 is 0. The van der Waals surface area contributed by atoms with Crippen LogP contribution in [-0.2, 0) is 20.9 Å². The maximum Gasteiger partial charge on any atom is 0.410 e. The smallest absolute Gasteiger partial charge is 0.410 e. The number of nitrogens with one attached hydrogen (secondary N) is 1. The Morgan fingerprint density at radius 3 is 2.51 bits per heavy atom. The Morgan fingerprint density at radius 2 is 1.89 bits per heavy atom. The minimum absolute atomic E-state index is 0.0303. The van der Waals surface area contributed by atoms with Crippen molar-refractivity contribution in [2.45, 2.75) is 77.8 Å². The summed E-state index contributed by atoms with van der Waals surface area (Å²) in [7, 11) is 0. The van der Waals surface area contributed by atoms with Crippen molar-refractivity contribution in [1.29, 1.82) is 0 Å². The molecule has 1 unspecified atom stereocenters. The number of aromatic nitrogens is 1. The lowest BCUT2D eigenvalue weighted by Crippen LogP contribution is -2.65. The van der Waals surface area contributed by atoms with Gasteiger partial charge in [0.1, 0.15) is 11.6 Å². The quantitative estimate of drug-likeness (QED) is 0.669. The fourth-order valence-corrected chi connectivity index (χ4v) is 4.43. The van der Waals surface area contributed by atoms with Crippen LogP contribution in [0, 0.1) is 0 Å². The molecule has 0 spiro atoms. The van der Waals surface area contributed by atoms with E-state index in [-0.39, 0.29) is 30.5 Å². The van der Waals surface area contributed by atoms with Crippen molar-refractivity contribution in [3.63, 3.8) is 0 Å². The summed E-state index contributed by atoms with van der Waals surface area (Å²) < 4.78 is 11.0. The second-order valence-electron chi connectivity index (χ2n) is 10.4. The zero-order valence-corrected chi connectivity index (χ0v) is 21.0. The highest BCUT2D eigenvalue weighted by atomic mass is 16.6. The number of amides is 3. The van der Waals surface area contributed by atoms with Gasteiger partial charge in [-0.25, -0.2) is 9.78 Å². The van der Waals surface area contributed by atoms with Gasteiger partial charge < -0.3 is 24.6 Å². The Bertz CT molecular complexity index is 1050. The van der Waals surface area contributed by atoms with E-state index in [9.17, 15) is 14.4 Å². The van der Waals surface area contributed by atoms with Gasteiger partial charge in [-0.1, -0.05) is 18.2 Å². The molecule has 1 aromatic heterocycles. The van der Waals surface area contributed by atoms with Crippen molar-refractivity contribution in [3.8, 4) is 5.88 Å². The van der Waals surface area contributed by atoms with Crippen LogP contribution in [0.1, 0.15) is 53.0 Å². The highest BCUT2D eigenvalue weighted by Crippen LogP contribution is 2.37. The topological polar surface area (TPSA) is 101 Å². The largest absolute Gasteiger partial charge is 0.475 e. The number of hydrogen-bond donors (Lipinski definition) is 1. The predicted molar refractivity (Wildman–Crippen MR) is 129 cm³/mol. The van der Waals surface area contributed by atoms with E-state index in [0.717, 1.165) is 24.0 Å². The molecular formula is C26H34N4O5. The molecule has 0 saturated carbocycles. The number of allylic oxidation sites excluding steroid dienone is 2. The van der Waals surface area contributed by atoms with Crippen LogP contribution in [-0.4, -0.2) is 69.6 Å². The van der Waals surface area contributed by atoms with Crippen LogP contribution in [0.4, 0.5) is 4.79 Å². The first-order valence-electron chi connectivity index (χ1n) is 12.1. The predicted octanol–water partition coefficient (Wildman–Crippen LogP) is 2.96. The number of rotatable bonds is 6. The van der Waals surface area contributed by atoms with Crippen LogP contribution in [0.25, 0.3) is 0 Å². The first-order valence-corrected chi connectivity index (χ1v) is 12.1. The molecule has 35 heavy (non-hydrogen) atoms. The van der Waals surface area contributed by atoms with E-state index < -0.39 is 17.7 Å². The second-order valence-corrected chi connectivity index (χ2v) is 10.4. The number of pyridine rings is 1. The van der Waals surface area contributed by atoms with Crippen molar-refractivity contribution in [2.24, 2.45) is 0 Å². The third kappa shape index (κ3) is 5.49. The first kappa shape index (κ1) is 24.8. The standard InChI is InChI=1S/C26H34N4O5/c1-16(2)34-21-11-10-17(12-27-21)13-28-23(31)22-19-8-6-7-9-20(19)24(32)30(22)18-14-29(15-18)25(33)35-26(3,4)5/h8-12,16,18,22H,6-7,13-15H2,1-5H3,(H,28,31). The normalized spacial score (nSPS) is 20.2. The van der Waals surface area contributed by atoms with Crippen molar-refractivity contribution in [1.82, 2.24) is 20.1 Å². The lowest BCUT2D eigenvalue weighted by Gasteiger charge is -2.45. The Labute approximate surface area is 206 Å². The monoisotopic (exact) mass is 482 g/mol. The summed E-state index contributed by atoms with van der Waals surface area (Å²) in [5.74, 6) is 0.138. The van der Waals surface area contributed by atoms with Gasteiger partial charge in [0.05, 0.1) is 12.1 Å². The number of carbonyl (C=O) groups excluding carboxylic acids is 3. The Hall–Kier alpha value is -3.36. The minimum Gasteiger partial charge on any atom is -0.475 e. The van der Waals surface area contributed by atoms with Crippen LogP contribution >= 0.6 is 0 Å². The van der Waals surface area contributed by atoms with E-state index in [1.807, 2.05) is 52.8 Å². The third-order valence-electron chi connectivity index (χ3n) is 6.00. The molecule has 3 heterocycles. The second kappa shape index (κ2) is 9.71. The molecule has 0 bridgehead atoms. The lowest BCUT2D eigenvalue weighted by molar-refractivity contribution is -0.139. The van der Waals surface area contributed by atoms with Gasteiger partial charge >= 0.3 is 6.09 Å². The van der Waals surface area contributed by atoms with Gasteiger partial charge in [0.25, 0.3) is 5.91 Å². The highest BCUT2D eigenvalue weighted by Gasteiger charge is 2.51. The van der Waals surface area contributed by atoms with Gasteiger partial charge in [0.15, 0.2) is 0 Å². The molecule has 3 aliphatic rings. The average molecular weight is 483 g/mol. The van der Waals surface area contributed by atoms with Crippen LogP contribution < -0.4 is 10.1 Å². The van der Waals surface area contributed by atoms with Gasteiger partial charge in [0.2, 0.25) is 11.8 Å². The van der Waals surface area contributed by atoms with Crippen molar-refractivity contribution in [2.75, 3.05) is 13.1 Å². The van der Waals surface area contributed by atoms with Crippen molar-refractivity contribution in [3.05, 3.63) is 47.2 Å². The van der Waals surface area contributed by atoms with Crippen molar-refractivity contribution < 1.29 is 23.9 Å². The molecule has 2 aliphatic heterocycles. The molecular weight excluding hydrogens is 448 g/mol. The Balaban J connectivity index is 1.44. The number of likely N-dealkylation sites (tertiary alicyclic amines) is 2. The van der Waals surface area contributed by atoms with Crippen molar-refractivity contribution >= 4 is 17.9 Å². The molecule has 9 nitrogen and oxygen atoms in total. The van der Waals surface area contributed by atoms with Crippen LogP contribution in [0.5, 0.6) is 5.88 Å². The molecule has 1 aromatic rings. The van der Waals surface area contributed by atoms with E-state index >= 15 is 0 Å². The fraction of sp³-hybridized carbons (Fsp3) is 0.538. The van der Waals surface area contributed by atoms with Gasteiger partial charge in [0, 0.05) is 37.5 Å². The zero-order chi connectivity index (χ0) is 25.3. The zero-order valence-electron chi connectivity index (χ0n) is 21.0. The first-order chi connectivity index (χ1) is 16.5. The van der Waals surface area contributed by atoms with E-state index in [0.29, 0.717) is 24.5 Å². The summed E-state index contributed by atoms with van der Waals surface area (Å²) in [6.45, 7) is 10.3. The van der Waals surface area contributed by atoms with Crippen LogP contribution in [0.3, 0.4) is 0 Å². The molecule has 0 aromatic carbocycles. The molecule has 2 fully saturated rings. The van der Waals surface area contributed by atoms with E-state index in [4.69, 9.17) is 9.47 Å². The fourth-order valence-electron chi connectivity index (χ4n) is 4.43. The summed E-state index contributed by atoms with van der Waals surface area (Å²) in [5.41, 5.74) is 1.60. The van der Waals surface area contributed by atoms with Gasteiger partial charge in [-0.3, -0.25) is 9.59 Å². The maximum atomic E-state index is 13.4. The molecule has 2 saturated heterocycles. The van der Waals surface area contributed by atoms with E-state index in [1.165, 1.54) is 0 Å². The van der Waals surface area contributed by atoms with Gasteiger partial charge in [-0.05, 0) is 58.6 Å². The molecule has 1 N–H and O–H groups in total. The van der Waals surface area contributed by atoms with E-state index in [2.05, 4.69) is 10.3 Å². The number of carbonyl (C=O) groups is 3. The Kier molecular flexibility index (Phi) is 6.87. The minimum atomic E-state index is -0.712. The molecule has 0 radical (unpaired) electrons. The summed E-state index contributed by atoms with van der Waals surface area (Å²) in [6.07, 6.45) is 6.77. The van der Waals surface area contributed by atoms with Crippen LogP contribution in [0.15, 0.2) is 41.6 Å². The highest BCUT2D eigenvalue weighted by molar-refractivity contribution is 6.08. The SMILES string of the molecule is CC(C)Oc1ccc(CNC(=O)C2C3=CCCC=C3C(=O)N2C2CN(C(=O)OC(C)(C)C)C2)cn1.